The fourth-order valence-corrected chi connectivity index (χ4v) is 2.27. The number of aryl methyl sites for hydroxylation is 1. The van der Waals surface area contributed by atoms with Crippen LogP contribution in [0.4, 0.5) is 0 Å². The molecule has 0 amide bonds. The molecule has 0 unspecified atom stereocenters. The van der Waals surface area contributed by atoms with Gasteiger partial charge in [-0.1, -0.05) is 20.8 Å². The van der Waals surface area contributed by atoms with Crippen molar-refractivity contribution in [3.05, 3.63) is 28.3 Å². The van der Waals surface area contributed by atoms with Gasteiger partial charge in [0.1, 0.15) is 11.3 Å². The molecule has 0 atom stereocenters. The van der Waals surface area contributed by atoms with Gasteiger partial charge in [-0.15, -0.1) is 0 Å². The number of aromatic carboxylic acids is 1. The molecule has 0 spiro atoms. The maximum atomic E-state index is 11.2. The molecule has 3 nitrogen and oxygen atoms in total. The van der Waals surface area contributed by atoms with Crippen molar-refractivity contribution >= 4 is 16.5 Å². The van der Waals surface area contributed by atoms with E-state index in [0.717, 1.165) is 16.7 Å². The Hall–Kier alpha value is -1.29. The molecular weight excluding hydrogens is 232 g/mol. The molecule has 3 radical (unpaired) electrons. The molecule has 0 aromatic heterocycles. The highest BCUT2D eigenvalue weighted by molar-refractivity contribution is 6.02. The molecule has 4 heteroatoms. The van der Waals surface area contributed by atoms with E-state index >= 15 is 0 Å². The molecule has 91 valence electrons. The fraction of sp³-hybridized carbons (Fsp3) is 0.462. The van der Waals surface area contributed by atoms with Crippen LogP contribution in [0.5, 0.6) is 5.75 Å². The van der Waals surface area contributed by atoms with Crippen LogP contribution >= 0.6 is 0 Å². The monoisotopic (exact) mass is 249 g/mol. The molecule has 0 saturated carbocycles. The number of hydrogen-bond acceptors (Lipinski definition) is 2. The number of rotatable bonds is 2. The van der Waals surface area contributed by atoms with Crippen molar-refractivity contribution in [1.82, 2.24) is 0 Å². The second kappa shape index (κ2) is 4.53. The standard InChI is InChI=1S/C13H17O3Si/c1-7-6-9(12(14)15)11(16-17)10(8(7)2)13(3,4)5/h6H,1-5H3,(H,14,15). The Morgan fingerprint density at radius 3 is 2.24 bits per heavy atom. The number of carboxylic acids is 1. The molecular formula is C13H17O3Si. The SMILES string of the molecule is Cc1cc(C(=O)O)c(O[Si])c(C(C)(C)C)c1C. The lowest BCUT2D eigenvalue weighted by Gasteiger charge is -2.27. The highest BCUT2D eigenvalue weighted by Gasteiger charge is 2.26. The van der Waals surface area contributed by atoms with Gasteiger partial charge in [0.2, 0.25) is 0 Å². The van der Waals surface area contributed by atoms with Gasteiger partial charge in [0.15, 0.2) is 0 Å². The quantitative estimate of drug-likeness (QED) is 0.820. The number of carbonyl (C=O) groups is 1. The maximum Gasteiger partial charge on any atom is 0.341 e. The molecule has 17 heavy (non-hydrogen) atoms. The van der Waals surface area contributed by atoms with E-state index in [-0.39, 0.29) is 11.0 Å². The molecule has 0 aliphatic rings. The Kier molecular flexibility index (Phi) is 3.67. The first-order valence-corrected chi connectivity index (χ1v) is 5.82. The second-order valence-corrected chi connectivity index (χ2v) is 5.43. The molecule has 0 saturated heterocycles. The molecule has 0 heterocycles. The van der Waals surface area contributed by atoms with Gasteiger partial charge < -0.3 is 9.53 Å². The number of benzene rings is 1. The molecule has 0 aliphatic heterocycles. The van der Waals surface area contributed by atoms with Crippen molar-refractivity contribution in [3.63, 3.8) is 0 Å². The number of hydrogen-bond donors (Lipinski definition) is 1. The molecule has 1 aromatic carbocycles. The summed E-state index contributed by atoms with van der Waals surface area (Å²) in [6.07, 6.45) is 0. The van der Waals surface area contributed by atoms with Crippen LogP contribution in [-0.4, -0.2) is 21.6 Å². The summed E-state index contributed by atoms with van der Waals surface area (Å²) in [6.45, 7) is 10.0. The molecule has 0 bridgehead atoms. The van der Waals surface area contributed by atoms with E-state index in [1.54, 1.807) is 6.07 Å². The van der Waals surface area contributed by atoms with Gasteiger partial charge in [0.05, 0.1) is 0 Å². The van der Waals surface area contributed by atoms with Crippen LogP contribution in [0.15, 0.2) is 6.07 Å². The predicted octanol–water partition coefficient (Wildman–Crippen LogP) is 2.76. The second-order valence-electron chi connectivity index (χ2n) is 5.23. The van der Waals surface area contributed by atoms with Crippen LogP contribution in [0.3, 0.4) is 0 Å². The lowest BCUT2D eigenvalue weighted by atomic mass is 9.80. The van der Waals surface area contributed by atoms with Gasteiger partial charge in [0.25, 0.3) is 0 Å². The summed E-state index contributed by atoms with van der Waals surface area (Å²) >= 11 is 0. The first kappa shape index (κ1) is 13.8. The van der Waals surface area contributed by atoms with Gasteiger partial charge >= 0.3 is 16.5 Å². The molecule has 0 aliphatic carbocycles. The van der Waals surface area contributed by atoms with Crippen LogP contribution in [0.1, 0.15) is 47.8 Å². The van der Waals surface area contributed by atoms with Gasteiger partial charge in [-0.2, -0.15) is 0 Å². The van der Waals surface area contributed by atoms with Crippen LogP contribution in [0, 0.1) is 13.8 Å². The predicted molar refractivity (Wildman–Crippen MR) is 68.0 cm³/mol. The van der Waals surface area contributed by atoms with Crippen molar-refractivity contribution in [3.8, 4) is 5.75 Å². The highest BCUT2D eigenvalue weighted by Crippen LogP contribution is 2.38. The third kappa shape index (κ3) is 2.52. The average Bonchev–Trinajstić information content (AvgIpc) is 2.18. The summed E-state index contributed by atoms with van der Waals surface area (Å²) in [4.78, 5) is 11.2. The van der Waals surface area contributed by atoms with Gasteiger partial charge in [-0.25, -0.2) is 4.79 Å². The topological polar surface area (TPSA) is 46.5 Å². The normalized spacial score (nSPS) is 11.4. The van der Waals surface area contributed by atoms with Crippen LogP contribution in [0.25, 0.3) is 0 Å². The van der Waals surface area contributed by atoms with Crippen LogP contribution in [0.2, 0.25) is 0 Å². The van der Waals surface area contributed by atoms with E-state index in [1.807, 2.05) is 34.6 Å². The first-order chi connectivity index (χ1) is 7.70. The van der Waals surface area contributed by atoms with E-state index in [2.05, 4.69) is 10.5 Å². The Morgan fingerprint density at radius 2 is 1.88 bits per heavy atom. The average molecular weight is 249 g/mol. The van der Waals surface area contributed by atoms with E-state index in [4.69, 9.17) is 4.43 Å². The van der Waals surface area contributed by atoms with Crippen LogP contribution in [-0.2, 0) is 5.41 Å². The van der Waals surface area contributed by atoms with Crippen molar-refractivity contribution in [1.29, 1.82) is 0 Å². The minimum Gasteiger partial charge on any atom is -0.540 e. The third-order valence-corrected chi connectivity index (χ3v) is 3.09. The van der Waals surface area contributed by atoms with Crippen molar-refractivity contribution < 1.29 is 14.3 Å². The first-order valence-electron chi connectivity index (χ1n) is 5.41. The summed E-state index contributed by atoms with van der Waals surface area (Å²) in [7, 11) is 2.97. The lowest BCUT2D eigenvalue weighted by Crippen LogP contribution is -2.18. The summed E-state index contributed by atoms with van der Waals surface area (Å²) in [5.74, 6) is -0.586. The zero-order valence-corrected chi connectivity index (χ0v) is 11.8. The van der Waals surface area contributed by atoms with E-state index in [0.29, 0.717) is 5.75 Å². The highest BCUT2D eigenvalue weighted by atomic mass is 28.2. The third-order valence-electron chi connectivity index (χ3n) is 2.88. The Bertz CT molecular complexity index is 459. The van der Waals surface area contributed by atoms with E-state index < -0.39 is 5.97 Å². The summed E-state index contributed by atoms with van der Waals surface area (Å²) in [5.41, 5.74) is 2.95. The zero-order valence-electron chi connectivity index (χ0n) is 10.8. The van der Waals surface area contributed by atoms with Gasteiger partial charge in [-0.05, 0) is 36.5 Å². The minimum atomic E-state index is -0.980. The summed E-state index contributed by atoms with van der Waals surface area (Å²) < 4.78 is 5.12. The van der Waals surface area contributed by atoms with Crippen molar-refractivity contribution in [2.45, 2.75) is 40.0 Å². The Morgan fingerprint density at radius 1 is 1.35 bits per heavy atom. The molecule has 0 fully saturated rings. The summed E-state index contributed by atoms with van der Waals surface area (Å²) in [5, 5.41) is 9.20. The molecule has 1 N–H and O–H groups in total. The van der Waals surface area contributed by atoms with Crippen molar-refractivity contribution in [2.75, 3.05) is 0 Å². The maximum absolute atomic E-state index is 11.2. The Labute approximate surface area is 105 Å². The lowest BCUT2D eigenvalue weighted by molar-refractivity contribution is 0.0694. The largest absolute Gasteiger partial charge is 0.540 e. The van der Waals surface area contributed by atoms with Crippen molar-refractivity contribution in [2.24, 2.45) is 0 Å². The van der Waals surface area contributed by atoms with E-state index in [1.165, 1.54) is 0 Å². The summed E-state index contributed by atoms with van der Waals surface area (Å²) in [6, 6.07) is 1.64. The fourth-order valence-electron chi connectivity index (χ4n) is 2.06. The van der Waals surface area contributed by atoms with E-state index in [9.17, 15) is 9.90 Å². The minimum absolute atomic E-state index is 0.178. The van der Waals surface area contributed by atoms with Gasteiger partial charge in [0, 0.05) is 5.56 Å². The van der Waals surface area contributed by atoms with Crippen LogP contribution < -0.4 is 4.43 Å². The zero-order chi connectivity index (χ0) is 13.4. The smallest absolute Gasteiger partial charge is 0.341 e. The molecule has 1 rings (SSSR count). The molecule has 1 aromatic rings. The van der Waals surface area contributed by atoms with Gasteiger partial charge in [-0.3, -0.25) is 0 Å². The Balaban J connectivity index is 3.72. The number of carboxylic acid groups (broad SMARTS) is 1.